The van der Waals surface area contributed by atoms with Gasteiger partial charge in [-0.3, -0.25) is 14.5 Å². The third-order valence-corrected chi connectivity index (χ3v) is 10.8. The van der Waals surface area contributed by atoms with Gasteiger partial charge in [-0.25, -0.2) is 8.42 Å². The van der Waals surface area contributed by atoms with Crippen molar-refractivity contribution in [2.24, 2.45) is 5.92 Å². The summed E-state index contributed by atoms with van der Waals surface area (Å²) < 4.78 is 58.4. The van der Waals surface area contributed by atoms with Gasteiger partial charge < -0.3 is 24.4 Å². The Bertz CT molecular complexity index is 1300. The van der Waals surface area contributed by atoms with E-state index in [4.69, 9.17) is 13.8 Å². The van der Waals surface area contributed by atoms with Gasteiger partial charge in [0.05, 0.1) is 47.9 Å². The van der Waals surface area contributed by atoms with E-state index in [9.17, 15) is 17.8 Å². The highest BCUT2D eigenvalue weighted by Crippen LogP contribution is 2.51. The normalized spacial score (nSPS) is 15.4. The van der Waals surface area contributed by atoms with Crippen LogP contribution in [0.4, 0.5) is 11.4 Å². The van der Waals surface area contributed by atoms with Crippen LogP contribution in [0.2, 0.25) is 0 Å². The summed E-state index contributed by atoms with van der Waals surface area (Å²) in [6, 6.07) is 4.66. The van der Waals surface area contributed by atoms with Crippen molar-refractivity contribution in [2.45, 2.75) is 58.3 Å². The largest absolute Gasteiger partial charge is 0.492 e. The molecule has 1 aromatic heterocycles. The Morgan fingerprint density at radius 1 is 1.15 bits per heavy atom. The molecule has 14 heteroatoms. The molecule has 0 aliphatic carbocycles. The molecule has 1 amide bonds. The highest BCUT2D eigenvalue weighted by molar-refractivity contribution is 7.89. The summed E-state index contributed by atoms with van der Waals surface area (Å²) >= 11 is 0. The van der Waals surface area contributed by atoms with Crippen LogP contribution in [0.3, 0.4) is 0 Å². The average molecular weight is 600 g/mol. The number of hydrogen-bond acceptors (Lipinski definition) is 9. The Morgan fingerprint density at radius 3 is 2.35 bits per heavy atom. The second-order valence-corrected chi connectivity index (χ2v) is 13.8. The van der Waals surface area contributed by atoms with E-state index in [1.165, 1.54) is 23.5 Å². The second kappa shape index (κ2) is 14.0. The Hall–Kier alpha value is -2.44. The summed E-state index contributed by atoms with van der Waals surface area (Å²) in [6.45, 7) is 10.8. The number of piperidine rings is 1. The fraction of sp³-hybridized carbons (Fsp3) is 0.615. The smallest absolute Gasteiger partial charge is 0.330 e. The van der Waals surface area contributed by atoms with Gasteiger partial charge in [0.15, 0.2) is 0 Å². The van der Waals surface area contributed by atoms with Crippen LogP contribution in [0.15, 0.2) is 23.1 Å². The van der Waals surface area contributed by atoms with Crippen LogP contribution in [0.25, 0.3) is 0 Å². The molecule has 1 aliphatic rings. The first-order valence-electron chi connectivity index (χ1n) is 13.7. The molecule has 2 aromatic rings. The zero-order valence-corrected chi connectivity index (χ0v) is 25.9. The molecule has 1 aliphatic heterocycles. The molecule has 1 aromatic carbocycles. The van der Waals surface area contributed by atoms with Gasteiger partial charge in [-0.1, -0.05) is 13.8 Å². The Kier molecular flexibility index (Phi) is 11.2. The average Bonchev–Trinajstić information content (AvgIpc) is 3.33. The lowest BCUT2D eigenvalue weighted by molar-refractivity contribution is 0.0959. The van der Waals surface area contributed by atoms with Crippen LogP contribution in [0, 0.1) is 5.92 Å². The number of ether oxygens (including phenoxy) is 1. The fourth-order valence-electron chi connectivity index (χ4n) is 4.71. The number of aromatic nitrogens is 2. The molecule has 0 radical (unpaired) electrons. The molecule has 224 valence electrons. The van der Waals surface area contributed by atoms with E-state index in [1.54, 1.807) is 19.9 Å². The number of sulfonamides is 1. The number of benzene rings is 1. The van der Waals surface area contributed by atoms with Gasteiger partial charge in [0.2, 0.25) is 10.0 Å². The van der Waals surface area contributed by atoms with Crippen molar-refractivity contribution in [1.82, 2.24) is 19.8 Å². The number of nitrogens with zero attached hydrogens (tertiary/aromatic N) is 2. The standard InChI is InChI=1S/C26H42N5O7PS/c1-7-36-22-11-10-20(16-21(22)28-24-23(18(4)5)29-30-25(24)26(32)27-6)40(34,35)31-14-12-19(13-15-31)17-39(33,37-8-2)38-9-3/h10-11,16,18-19,28H,7-9,12-15,17H2,1-6H3,(H,27,32)(H,29,30). The van der Waals surface area contributed by atoms with Crippen molar-refractivity contribution >= 4 is 34.9 Å². The second-order valence-electron chi connectivity index (χ2n) is 9.79. The molecule has 0 atom stereocenters. The lowest BCUT2D eigenvalue weighted by Gasteiger charge is -2.32. The van der Waals surface area contributed by atoms with Crippen molar-refractivity contribution in [3.8, 4) is 5.75 Å². The minimum absolute atomic E-state index is 0.0123. The van der Waals surface area contributed by atoms with E-state index < -0.39 is 17.6 Å². The first-order chi connectivity index (χ1) is 19.0. The van der Waals surface area contributed by atoms with Gasteiger partial charge in [0.25, 0.3) is 5.91 Å². The zero-order chi connectivity index (χ0) is 29.5. The molecule has 0 bridgehead atoms. The van der Waals surface area contributed by atoms with Crippen molar-refractivity contribution in [3.63, 3.8) is 0 Å². The lowest BCUT2D eigenvalue weighted by atomic mass is 10.0. The van der Waals surface area contributed by atoms with Crippen molar-refractivity contribution < 1.29 is 31.6 Å². The predicted molar refractivity (Wildman–Crippen MR) is 154 cm³/mol. The number of carbonyl (C=O) groups is 1. The van der Waals surface area contributed by atoms with Gasteiger partial charge >= 0.3 is 7.60 Å². The monoisotopic (exact) mass is 599 g/mol. The fourth-order valence-corrected chi connectivity index (χ4v) is 8.27. The number of nitrogens with one attached hydrogen (secondary N) is 3. The Morgan fingerprint density at radius 2 is 1.80 bits per heavy atom. The highest BCUT2D eigenvalue weighted by atomic mass is 32.2. The van der Waals surface area contributed by atoms with Crippen LogP contribution in [0.1, 0.15) is 69.6 Å². The van der Waals surface area contributed by atoms with Gasteiger partial charge in [-0.05, 0) is 63.6 Å². The third kappa shape index (κ3) is 7.44. The minimum atomic E-state index is -3.84. The van der Waals surface area contributed by atoms with Crippen LogP contribution in [-0.4, -0.2) is 74.9 Å². The Labute approximate surface area is 237 Å². The number of H-pyrrole nitrogens is 1. The van der Waals surface area contributed by atoms with Crippen LogP contribution in [-0.2, 0) is 23.6 Å². The SMILES string of the molecule is CCOc1ccc(S(=O)(=O)N2CCC(CP(=O)(OCC)OCC)CC2)cc1Nc1c(C(C)C)n[nH]c1C(=O)NC. The molecule has 40 heavy (non-hydrogen) atoms. The van der Waals surface area contributed by atoms with Crippen LogP contribution >= 0.6 is 7.60 Å². The molecule has 3 rings (SSSR count). The molecule has 1 fully saturated rings. The van der Waals surface area contributed by atoms with Crippen molar-refractivity contribution in [1.29, 1.82) is 0 Å². The van der Waals surface area contributed by atoms with Crippen LogP contribution in [0.5, 0.6) is 5.75 Å². The van der Waals surface area contributed by atoms with Gasteiger partial charge in [0.1, 0.15) is 11.4 Å². The summed E-state index contributed by atoms with van der Waals surface area (Å²) in [4.78, 5) is 12.6. The number of anilines is 2. The lowest BCUT2D eigenvalue weighted by Crippen LogP contribution is -2.39. The van der Waals surface area contributed by atoms with E-state index >= 15 is 0 Å². The van der Waals surface area contributed by atoms with Crippen molar-refractivity contribution in [3.05, 3.63) is 29.6 Å². The minimum Gasteiger partial charge on any atom is -0.492 e. The first kappa shape index (κ1) is 32.1. The summed E-state index contributed by atoms with van der Waals surface area (Å²) in [7, 11) is -5.52. The molecule has 1 saturated heterocycles. The molecule has 0 spiro atoms. The molecular formula is C26H42N5O7PS. The van der Waals surface area contributed by atoms with Gasteiger partial charge in [-0.15, -0.1) is 0 Å². The summed E-state index contributed by atoms with van der Waals surface area (Å²) in [6.07, 6.45) is 1.37. The number of carbonyl (C=O) groups excluding carboxylic acids is 1. The molecule has 3 N–H and O–H groups in total. The van der Waals surface area contributed by atoms with E-state index in [-0.39, 0.29) is 34.5 Å². The Balaban J connectivity index is 1.86. The molecule has 0 unspecified atom stereocenters. The van der Waals surface area contributed by atoms with E-state index in [1.807, 2.05) is 20.8 Å². The number of hydrogen-bond donors (Lipinski definition) is 3. The first-order valence-corrected chi connectivity index (χ1v) is 16.9. The number of rotatable bonds is 14. The maximum atomic E-state index is 13.7. The highest BCUT2D eigenvalue weighted by Gasteiger charge is 2.35. The number of amides is 1. The molecular weight excluding hydrogens is 557 g/mol. The van der Waals surface area contributed by atoms with Crippen molar-refractivity contribution in [2.75, 3.05) is 51.4 Å². The quantitative estimate of drug-likeness (QED) is 0.262. The van der Waals surface area contributed by atoms with Gasteiger partial charge in [-0.2, -0.15) is 9.40 Å². The summed E-state index contributed by atoms with van der Waals surface area (Å²) in [5.74, 6) is 0.111. The topological polar surface area (TPSA) is 152 Å². The summed E-state index contributed by atoms with van der Waals surface area (Å²) in [5, 5.41) is 12.9. The number of aromatic amines is 1. The van der Waals surface area contributed by atoms with E-state index in [0.29, 0.717) is 68.6 Å². The van der Waals surface area contributed by atoms with E-state index in [0.717, 1.165) is 0 Å². The molecule has 2 heterocycles. The van der Waals surface area contributed by atoms with Crippen LogP contribution < -0.4 is 15.4 Å². The zero-order valence-electron chi connectivity index (χ0n) is 24.2. The maximum Gasteiger partial charge on any atom is 0.330 e. The molecule has 12 nitrogen and oxygen atoms in total. The summed E-state index contributed by atoms with van der Waals surface area (Å²) in [5.41, 5.74) is 1.73. The predicted octanol–water partition coefficient (Wildman–Crippen LogP) is 4.70. The van der Waals surface area contributed by atoms with Gasteiger partial charge in [0, 0.05) is 20.1 Å². The maximum absolute atomic E-state index is 13.7. The molecule has 0 saturated carbocycles. The van der Waals surface area contributed by atoms with E-state index in [2.05, 4.69) is 20.8 Å². The third-order valence-electron chi connectivity index (χ3n) is 6.65.